The minimum atomic E-state index is -4.73. The second-order valence-electron chi connectivity index (χ2n) is 6.04. The van der Waals surface area contributed by atoms with Gasteiger partial charge in [-0.1, -0.05) is 25.1 Å². The summed E-state index contributed by atoms with van der Waals surface area (Å²) in [6, 6.07) is 3.57. The molecule has 0 aliphatic rings. The van der Waals surface area contributed by atoms with Crippen LogP contribution in [-0.4, -0.2) is 20.8 Å². The molecule has 0 fully saturated rings. The number of nitrogens with one attached hydrogen (secondary N) is 1. The highest BCUT2D eigenvalue weighted by atomic mass is 35.5. The summed E-state index contributed by atoms with van der Waals surface area (Å²) in [6.45, 7) is 7.37. The van der Waals surface area contributed by atoms with Crippen LogP contribution in [0.1, 0.15) is 31.5 Å². The number of benzene rings is 1. The van der Waals surface area contributed by atoms with Gasteiger partial charge in [0.05, 0.1) is 22.3 Å². The van der Waals surface area contributed by atoms with Gasteiger partial charge in [0, 0.05) is 13.1 Å². The molecular formula is C17H18ClF3N4O4. The molecule has 0 bridgehead atoms. The van der Waals surface area contributed by atoms with E-state index in [-0.39, 0.29) is 28.8 Å². The molecule has 29 heavy (non-hydrogen) atoms. The Bertz CT molecular complexity index is 930. The van der Waals surface area contributed by atoms with Crippen LogP contribution in [0.25, 0.3) is 5.70 Å². The molecule has 1 N–H and O–H groups in total. The van der Waals surface area contributed by atoms with Crippen molar-refractivity contribution in [3.05, 3.63) is 51.2 Å². The zero-order valence-corrected chi connectivity index (χ0v) is 16.5. The number of halogens is 4. The Balaban J connectivity index is 2.36. The third kappa shape index (κ3) is 5.18. The van der Waals surface area contributed by atoms with Crippen LogP contribution in [0.5, 0.6) is 11.6 Å². The van der Waals surface area contributed by atoms with Crippen molar-refractivity contribution in [2.45, 2.75) is 32.5 Å². The molecule has 0 spiro atoms. The smallest absolute Gasteiger partial charge is 0.434 e. The van der Waals surface area contributed by atoms with Gasteiger partial charge in [-0.15, -0.1) is 5.10 Å². The standard InChI is InChI=1S/C17H18ClF3N4O4/c1-5-9(2)29-23-10(3)12-8-11(6-7-13(12)25(26)27)28-16-14(18)15(17(19,20)21)24(4)22-16/h6-9,23H,3,5H2,1-2,4H3. The molecule has 0 amide bonds. The Morgan fingerprint density at radius 3 is 2.66 bits per heavy atom. The molecular weight excluding hydrogens is 417 g/mol. The van der Waals surface area contributed by atoms with Crippen molar-refractivity contribution in [3.8, 4) is 11.6 Å². The second-order valence-corrected chi connectivity index (χ2v) is 6.42. The maximum atomic E-state index is 13.0. The summed E-state index contributed by atoms with van der Waals surface area (Å²) in [6.07, 6.45) is -4.23. The lowest BCUT2D eigenvalue weighted by molar-refractivity contribution is -0.385. The van der Waals surface area contributed by atoms with Gasteiger partial charge < -0.3 is 4.74 Å². The van der Waals surface area contributed by atoms with Crippen LogP contribution in [0.2, 0.25) is 5.02 Å². The van der Waals surface area contributed by atoms with Crippen LogP contribution >= 0.6 is 11.6 Å². The fraction of sp³-hybridized carbons (Fsp3) is 0.353. The van der Waals surface area contributed by atoms with Crippen molar-refractivity contribution in [2.75, 3.05) is 0 Å². The van der Waals surface area contributed by atoms with Crippen molar-refractivity contribution >= 4 is 23.0 Å². The maximum Gasteiger partial charge on any atom is 0.434 e. The first-order valence-corrected chi connectivity index (χ1v) is 8.70. The molecule has 0 aliphatic heterocycles. The minimum Gasteiger partial charge on any atom is -0.436 e. The van der Waals surface area contributed by atoms with E-state index in [0.717, 1.165) is 13.1 Å². The van der Waals surface area contributed by atoms with Crippen molar-refractivity contribution in [1.29, 1.82) is 0 Å². The van der Waals surface area contributed by atoms with Gasteiger partial charge in [-0.05, 0) is 25.5 Å². The fourth-order valence-corrected chi connectivity index (χ4v) is 2.55. The monoisotopic (exact) mass is 434 g/mol. The third-order valence-corrected chi connectivity index (χ3v) is 4.23. The zero-order chi connectivity index (χ0) is 21.9. The predicted molar refractivity (Wildman–Crippen MR) is 99.4 cm³/mol. The average Bonchev–Trinajstić information content (AvgIpc) is 2.92. The SMILES string of the molecule is C=C(NOC(C)CC)c1cc(Oc2nn(C)c(C(F)(F)F)c2Cl)ccc1[N+](=O)[O-]. The molecule has 0 radical (unpaired) electrons. The first-order valence-electron chi connectivity index (χ1n) is 8.32. The topological polar surface area (TPSA) is 91.4 Å². The van der Waals surface area contributed by atoms with Crippen LogP contribution in [0.3, 0.4) is 0 Å². The van der Waals surface area contributed by atoms with Gasteiger partial charge in [0.2, 0.25) is 0 Å². The maximum absolute atomic E-state index is 13.0. The highest BCUT2D eigenvalue weighted by molar-refractivity contribution is 6.32. The minimum absolute atomic E-state index is 0.0224. The summed E-state index contributed by atoms with van der Waals surface area (Å²) in [7, 11) is 1.07. The number of rotatable bonds is 8. The molecule has 1 heterocycles. The third-order valence-electron chi connectivity index (χ3n) is 3.89. The van der Waals surface area contributed by atoms with Gasteiger partial charge in [0.1, 0.15) is 10.8 Å². The van der Waals surface area contributed by atoms with Gasteiger partial charge in [0.15, 0.2) is 5.69 Å². The normalized spacial score (nSPS) is 12.5. The van der Waals surface area contributed by atoms with Crippen molar-refractivity contribution < 1.29 is 27.7 Å². The van der Waals surface area contributed by atoms with Gasteiger partial charge in [-0.2, -0.15) is 13.2 Å². The number of aryl methyl sites for hydroxylation is 1. The average molecular weight is 435 g/mol. The predicted octanol–water partition coefficient (Wildman–Crippen LogP) is 5.08. The molecule has 8 nitrogen and oxygen atoms in total. The van der Waals surface area contributed by atoms with E-state index in [1.54, 1.807) is 6.92 Å². The van der Waals surface area contributed by atoms with Crippen molar-refractivity contribution in [1.82, 2.24) is 15.3 Å². The zero-order valence-electron chi connectivity index (χ0n) is 15.7. The molecule has 1 unspecified atom stereocenters. The number of ether oxygens (including phenoxy) is 1. The van der Waals surface area contributed by atoms with E-state index in [1.165, 1.54) is 12.1 Å². The molecule has 2 aromatic rings. The van der Waals surface area contributed by atoms with Gasteiger partial charge in [-0.25, -0.2) is 0 Å². The molecule has 0 saturated carbocycles. The van der Waals surface area contributed by atoms with Crippen LogP contribution in [0, 0.1) is 10.1 Å². The van der Waals surface area contributed by atoms with E-state index in [4.69, 9.17) is 21.2 Å². The number of alkyl halides is 3. The number of nitro groups is 1. The van der Waals surface area contributed by atoms with E-state index in [1.807, 2.05) is 6.92 Å². The first kappa shape index (κ1) is 22.5. The number of nitro benzene ring substituents is 1. The second kappa shape index (κ2) is 8.70. The lowest BCUT2D eigenvalue weighted by Gasteiger charge is -2.15. The van der Waals surface area contributed by atoms with Crippen LogP contribution < -0.4 is 10.2 Å². The summed E-state index contributed by atoms with van der Waals surface area (Å²) >= 11 is 5.76. The Morgan fingerprint density at radius 2 is 2.14 bits per heavy atom. The van der Waals surface area contributed by atoms with Crippen molar-refractivity contribution in [3.63, 3.8) is 0 Å². The highest BCUT2D eigenvalue weighted by Gasteiger charge is 2.39. The summed E-state index contributed by atoms with van der Waals surface area (Å²) < 4.78 is 45.0. The quantitative estimate of drug-likeness (QED) is 0.460. The van der Waals surface area contributed by atoms with Crippen LogP contribution in [-0.2, 0) is 18.1 Å². The number of hydrogen-bond donors (Lipinski definition) is 1. The van der Waals surface area contributed by atoms with Crippen LogP contribution in [0.15, 0.2) is 24.8 Å². The van der Waals surface area contributed by atoms with E-state index in [9.17, 15) is 23.3 Å². The van der Waals surface area contributed by atoms with Crippen LogP contribution in [0.4, 0.5) is 18.9 Å². The number of aromatic nitrogens is 2. The molecule has 1 aromatic heterocycles. The summed E-state index contributed by atoms with van der Waals surface area (Å²) in [5.74, 6) is -0.512. The van der Waals surface area contributed by atoms with Gasteiger partial charge in [-0.3, -0.25) is 25.1 Å². The molecule has 2 rings (SSSR count). The number of nitrogens with zero attached hydrogens (tertiary/aromatic N) is 3. The largest absolute Gasteiger partial charge is 0.436 e. The number of hydrogen-bond acceptors (Lipinski definition) is 6. The summed E-state index contributed by atoms with van der Waals surface area (Å²) in [5, 5.41) is 14.2. The van der Waals surface area contributed by atoms with Gasteiger partial charge in [0.25, 0.3) is 11.6 Å². The lowest BCUT2D eigenvalue weighted by Crippen LogP contribution is -2.20. The molecule has 0 saturated heterocycles. The van der Waals surface area contributed by atoms with E-state index in [0.29, 0.717) is 11.1 Å². The lowest BCUT2D eigenvalue weighted by atomic mass is 10.1. The highest BCUT2D eigenvalue weighted by Crippen LogP contribution is 2.40. The Hall–Kier alpha value is -2.79. The van der Waals surface area contributed by atoms with E-state index in [2.05, 4.69) is 17.2 Å². The van der Waals surface area contributed by atoms with Gasteiger partial charge >= 0.3 is 6.18 Å². The molecule has 1 atom stereocenters. The van der Waals surface area contributed by atoms with E-state index < -0.39 is 27.7 Å². The van der Waals surface area contributed by atoms with Crippen molar-refractivity contribution in [2.24, 2.45) is 7.05 Å². The first-order chi connectivity index (χ1) is 13.5. The molecule has 158 valence electrons. The summed E-state index contributed by atoms with van der Waals surface area (Å²) in [5.41, 5.74) is 1.16. The Morgan fingerprint density at radius 1 is 1.48 bits per heavy atom. The number of hydroxylamine groups is 1. The Kier molecular flexibility index (Phi) is 6.75. The fourth-order valence-electron chi connectivity index (χ4n) is 2.25. The van der Waals surface area contributed by atoms with E-state index >= 15 is 0 Å². The molecule has 0 aliphatic carbocycles. The summed E-state index contributed by atoms with van der Waals surface area (Å²) in [4.78, 5) is 16.0. The molecule has 1 aromatic carbocycles. The Labute approximate surface area is 169 Å². The molecule has 12 heteroatoms.